The fraction of sp³-hybridized carbons (Fsp3) is 0.318. The summed E-state index contributed by atoms with van der Waals surface area (Å²) < 4.78 is 11.0. The molecular weight excluding hydrogens is 479 g/mol. The predicted molar refractivity (Wildman–Crippen MR) is 131 cm³/mol. The molecule has 0 aliphatic rings. The molecule has 1 aromatic heterocycles. The fourth-order valence-electron chi connectivity index (χ4n) is 3.16. The highest BCUT2D eigenvalue weighted by molar-refractivity contribution is 14.0. The Hall–Kier alpha value is -2.42. The van der Waals surface area contributed by atoms with Gasteiger partial charge in [0.15, 0.2) is 17.5 Å². The number of anilines is 1. The van der Waals surface area contributed by atoms with Crippen molar-refractivity contribution in [2.24, 2.45) is 4.99 Å². The lowest BCUT2D eigenvalue weighted by molar-refractivity contribution is 0.311. The monoisotopic (exact) mass is 508 g/mol. The third kappa shape index (κ3) is 6.03. The van der Waals surface area contributed by atoms with E-state index in [1.165, 1.54) is 16.5 Å². The van der Waals surface area contributed by atoms with Crippen LogP contribution in [0.4, 0.5) is 5.69 Å². The van der Waals surface area contributed by atoms with Gasteiger partial charge in [-0.3, -0.25) is 4.99 Å². The van der Waals surface area contributed by atoms with Crippen molar-refractivity contribution in [2.75, 3.05) is 32.6 Å². The number of fused-ring (bicyclic) bond motifs is 1. The van der Waals surface area contributed by atoms with Crippen LogP contribution in [-0.4, -0.2) is 38.3 Å². The molecule has 6 nitrogen and oxygen atoms in total. The molecule has 0 bridgehead atoms. The molecule has 3 rings (SSSR count). The second-order valence-corrected chi connectivity index (χ2v) is 6.39. The van der Waals surface area contributed by atoms with Crippen LogP contribution in [-0.2, 0) is 6.42 Å². The maximum Gasteiger partial charge on any atom is 0.195 e. The second kappa shape index (κ2) is 11.5. The maximum atomic E-state index is 5.63. The molecule has 0 unspecified atom stereocenters. The van der Waals surface area contributed by atoms with Gasteiger partial charge in [0.1, 0.15) is 0 Å². The number of nitrogens with one attached hydrogen (secondary N) is 3. The van der Waals surface area contributed by atoms with Gasteiger partial charge in [-0.2, -0.15) is 0 Å². The van der Waals surface area contributed by atoms with E-state index in [4.69, 9.17) is 9.47 Å². The van der Waals surface area contributed by atoms with E-state index in [1.807, 2.05) is 25.1 Å². The molecule has 0 atom stereocenters. The number of aromatic nitrogens is 1. The number of rotatable bonds is 8. The van der Waals surface area contributed by atoms with E-state index >= 15 is 0 Å². The highest BCUT2D eigenvalue weighted by Crippen LogP contribution is 2.30. The number of ether oxygens (including phenoxy) is 2. The minimum absolute atomic E-state index is 0. The number of H-pyrrole nitrogens is 1. The molecule has 0 spiro atoms. The number of aliphatic imine (C=N–C) groups is 1. The summed E-state index contributed by atoms with van der Waals surface area (Å²) in [6.07, 6.45) is 4.12. The Bertz CT molecular complexity index is 939. The lowest BCUT2D eigenvalue weighted by atomic mass is 10.1. The molecule has 0 fully saturated rings. The first kappa shape index (κ1) is 22.9. The summed E-state index contributed by atoms with van der Waals surface area (Å²) in [5.74, 6) is 2.16. The van der Waals surface area contributed by atoms with Crippen molar-refractivity contribution in [1.29, 1.82) is 0 Å². The molecule has 0 aliphatic carbocycles. The van der Waals surface area contributed by atoms with Crippen LogP contribution >= 0.6 is 24.0 Å². The number of guanidine groups is 1. The highest BCUT2D eigenvalue weighted by Gasteiger charge is 2.07. The zero-order valence-corrected chi connectivity index (χ0v) is 19.4. The molecule has 0 saturated carbocycles. The van der Waals surface area contributed by atoms with Crippen molar-refractivity contribution in [3.8, 4) is 11.5 Å². The Morgan fingerprint density at radius 3 is 2.72 bits per heavy atom. The van der Waals surface area contributed by atoms with Crippen LogP contribution < -0.4 is 20.1 Å². The molecule has 0 aliphatic heterocycles. The van der Waals surface area contributed by atoms with Crippen molar-refractivity contribution in [3.63, 3.8) is 0 Å². The van der Waals surface area contributed by atoms with E-state index in [-0.39, 0.29) is 24.0 Å². The number of hydrogen-bond donors (Lipinski definition) is 3. The van der Waals surface area contributed by atoms with Crippen molar-refractivity contribution in [1.82, 2.24) is 10.3 Å². The zero-order valence-electron chi connectivity index (χ0n) is 17.1. The van der Waals surface area contributed by atoms with Crippen molar-refractivity contribution < 1.29 is 9.47 Å². The van der Waals surface area contributed by atoms with Crippen LogP contribution in [0.25, 0.3) is 10.9 Å². The predicted octanol–water partition coefficient (Wildman–Crippen LogP) is 4.81. The van der Waals surface area contributed by atoms with Crippen LogP contribution in [0.1, 0.15) is 18.9 Å². The Kier molecular flexibility index (Phi) is 9.11. The number of aromatic amines is 1. The van der Waals surface area contributed by atoms with Crippen LogP contribution in [0.5, 0.6) is 11.5 Å². The topological polar surface area (TPSA) is 70.7 Å². The quantitative estimate of drug-likeness (QED) is 0.177. The molecule has 2 aromatic carbocycles. The van der Waals surface area contributed by atoms with Gasteiger partial charge in [0.05, 0.1) is 13.7 Å². The van der Waals surface area contributed by atoms with Gasteiger partial charge in [-0.05, 0) is 43.5 Å². The molecule has 29 heavy (non-hydrogen) atoms. The molecule has 3 aromatic rings. The largest absolute Gasteiger partial charge is 0.493 e. The van der Waals surface area contributed by atoms with Crippen LogP contribution in [0.2, 0.25) is 0 Å². The maximum absolute atomic E-state index is 5.63. The molecule has 156 valence electrons. The number of hydrogen-bond acceptors (Lipinski definition) is 3. The normalized spacial score (nSPS) is 11.1. The number of benzene rings is 2. The Morgan fingerprint density at radius 1 is 1.14 bits per heavy atom. The van der Waals surface area contributed by atoms with Gasteiger partial charge >= 0.3 is 0 Å². The Morgan fingerprint density at radius 2 is 1.97 bits per heavy atom. The third-order valence-corrected chi connectivity index (χ3v) is 4.54. The van der Waals surface area contributed by atoms with Gasteiger partial charge in [-0.25, -0.2) is 0 Å². The molecule has 1 heterocycles. The third-order valence-electron chi connectivity index (χ3n) is 4.54. The standard InChI is InChI=1S/C22H28N4O2.HI/c1-4-28-21-14-17(11-12-20(21)27-3)26-22(23-2)24-13-7-8-16-15-25-19-10-6-5-9-18(16)19;/h5-6,9-12,14-15,25H,4,7-8,13H2,1-3H3,(H2,23,24,26);1H. The number of aryl methyl sites for hydroxylation is 1. The van der Waals surface area contributed by atoms with Gasteiger partial charge in [0.25, 0.3) is 0 Å². The van der Waals surface area contributed by atoms with Gasteiger partial charge < -0.3 is 25.1 Å². The van der Waals surface area contributed by atoms with E-state index in [0.29, 0.717) is 18.1 Å². The second-order valence-electron chi connectivity index (χ2n) is 6.39. The molecular formula is C22H29IN4O2. The molecule has 7 heteroatoms. The lowest BCUT2D eigenvalue weighted by Crippen LogP contribution is -2.31. The van der Waals surface area contributed by atoms with Crippen LogP contribution in [0.15, 0.2) is 53.7 Å². The average molecular weight is 508 g/mol. The Labute approximate surface area is 189 Å². The molecule has 0 amide bonds. The van der Waals surface area contributed by atoms with Crippen molar-refractivity contribution >= 4 is 46.5 Å². The summed E-state index contributed by atoms with van der Waals surface area (Å²) in [6.45, 7) is 3.36. The highest BCUT2D eigenvalue weighted by atomic mass is 127. The van der Waals surface area contributed by atoms with E-state index in [9.17, 15) is 0 Å². The number of nitrogens with zero attached hydrogens (tertiary/aromatic N) is 1. The number of methoxy groups -OCH3 is 1. The molecule has 0 saturated heterocycles. The molecule has 0 radical (unpaired) electrons. The first-order valence-corrected chi connectivity index (χ1v) is 9.58. The average Bonchev–Trinajstić information content (AvgIpc) is 3.14. The minimum Gasteiger partial charge on any atom is -0.493 e. The zero-order chi connectivity index (χ0) is 19.8. The summed E-state index contributed by atoms with van der Waals surface area (Å²) >= 11 is 0. The van der Waals surface area contributed by atoms with Crippen molar-refractivity contribution in [2.45, 2.75) is 19.8 Å². The van der Waals surface area contributed by atoms with Gasteiger partial charge in [0, 0.05) is 42.4 Å². The van der Waals surface area contributed by atoms with Gasteiger partial charge in [-0.15, -0.1) is 24.0 Å². The minimum atomic E-state index is 0. The van der Waals surface area contributed by atoms with Crippen LogP contribution in [0.3, 0.4) is 0 Å². The summed E-state index contributed by atoms with van der Waals surface area (Å²) in [6, 6.07) is 14.1. The lowest BCUT2D eigenvalue weighted by Gasteiger charge is -2.14. The summed E-state index contributed by atoms with van der Waals surface area (Å²) in [5, 5.41) is 7.96. The first-order chi connectivity index (χ1) is 13.7. The molecule has 3 N–H and O–H groups in total. The van der Waals surface area contributed by atoms with Gasteiger partial charge in [-0.1, -0.05) is 18.2 Å². The summed E-state index contributed by atoms with van der Waals surface area (Å²) in [5.41, 5.74) is 3.43. The van der Waals surface area contributed by atoms with E-state index in [0.717, 1.165) is 31.0 Å². The van der Waals surface area contributed by atoms with Crippen molar-refractivity contribution in [3.05, 3.63) is 54.2 Å². The number of halogens is 1. The summed E-state index contributed by atoms with van der Waals surface area (Å²) in [4.78, 5) is 7.63. The van der Waals surface area contributed by atoms with E-state index in [2.05, 4.69) is 51.1 Å². The fourth-order valence-corrected chi connectivity index (χ4v) is 3.16. The van der Waals surface area contributed by atoms with Crippen LogP contribution in [0, 0.1) is 0 Å². The van der Waals surface area contributed by atoms with E-state index in [1.54, 1.807) is 14.2 Å². The smallest absolute Gasteiger partial charge is 0.195 e. The number of para-hydroxylation sites is 1. The van der Waals surface area contributed by atoms with E-state index < -0.39 is 0 Å². The summed E-state index contributed by atoms with van der Waals surface area (Å²) in [7, 11) is 3.40. The first-order valence-electron chi connectivity index (χ1n) is 9.58. The van der Waals surface area contributed by atoms with Gasteiger partial charge in [0.2, 0.25) is 0 Å². The SMILES string of the molecule is CCOc1cc(NC(=NC)NCCCc2c[nH]c3ccccc23)ccc1OC.I. The Balaban J connectivity index is 0.00000300.